The molecule has 0 aromatic carbocycles. The third-order valence-corrected chi connectivity index (χ3v) is 2.75. The first-order chi connectivity index (χ1) is 10.2. The standard InChI is InChI=1S/C14H12N4O3/c15-4-9(5-16)3-10-6-18-14-13(10)12(1-2-17-14)21-8-11(20)7-19/h1-3,6,11,19-20H,7-8H2,(H,17,18). The van der Waals surface area contributed by atoms with E-state index in [2.05, 4.69) is 9.97 Å². The summed E-state index contributed by atoms with van der Waals surface area (Å²) in [4.78, 5) is 7.04. The molecule has 21 heavy (non-hydrogen) atoms. The van der Waals surface area contributed by atoms with Crippen molar-refractivity contribution in [3.8, 4) is 17.9 Å². The summed E-state index contributed by atoms with van der Waals surface area (Å²) in [5, 5.41) is 36.4. The molecule has 0 saturated heterocycles. The van der Waals surface area contributed by atoms with Crippen LogP contribution in [0, 0.1) is 22.7 Å². The van der Waals surface area contributed by atoms with Gasteiger partial charge in [0.2, 0.25) is 0 Å². The molecular weight excluding hydrogens is 272 g/mol. The largest absolute Gasteiger partial charge is 0.490 e. The van der Waals surface area contributed by atoms with Crippen LogP contribution in [0.3, 0.4) is 0 Å². The van der Waals surface area contributed by atoms with Crippen molar-refractivity contribution in [3.63, 3.8) is 0 Å². The molecule has 1 unspecified atom stereocenters. The van der Waals surface area contributed by atoms with E-state index in [-0.39, 0.29) is 12.2 Å². The first-order valence-electron chi connectivity index (χ1n) is 6.09. The van der Waals surface area contributed by atoms with E-state index in [1.807, 2.05) is 0 Å². The lowest BCUT2D eigenvalue weighted by molar-refractivity contribution is 0.0541. The smallest absolute Gasteiger partial charge is 0.141 e. The summed E-state index contributed by atoms with van der Waals surface area (Å²) in [5.41, 5.74) is 1.08. The first kappa shape index (κ1) is 14.5. The summed E-state index contributed by atoms with van der Waals surface area (Å²) in [6.07, 6.45) is 3.58. The lowest BCUT2D eigenvalue weighted by Gasteiger charge is -2.10. The third kappa shape index (κ3) is 3.18. The van der Waals surface area contributed by atoms with Crippen molar-refractivity contribution in [1.29, 1.82) is 10.5 Å². The number of nitrogens with zero attached hydrogens (tertiary/aromatic N) is 3. The van der Waals surface area contributed by atoms with Crippen LogP contribution in [0.2, 0.25) is 0 Å². The Morgan fingerprint density at radius 2 is 2.24 bits per heavy atom. The number of allylic oxidation sites excluding steroid dienone is 1. The van der Waals surface area contributed by atoms with Crippen molar-refractivity contribution >= 4 is 17.1 Å². The third-order valence-electron chi connectivity index (χ3n) is 2.75. The molecule has 0 aliphatic rings. The maximum atomic E-state index is 9.34. The number of ether oxygens (including phenoxy) is 1. The number of aliphatic hydroxyl groups is 2. The molecule has 2 aromatic rings. The molecule has 0 spiro atoms. The van der Waals surface area contributed by atoms with Gasteiger partial charge in [0, 0.05) is 18.0 Å². The van der Waals surface area contributed by atoms with Gasteiger partial charge in [-0.1, -0.05) is 0 Å². The Bertz CT molecular complexity index is 736. The highest BCUT2D eigenvalue weighted by molar-refractivity contribution is 5.92. The van der Waals surface area contributed by atoms with Gasteiger partial charge in [-0.25, -0.2) is 4.98 Å². The molecule has 3 N–H and O–H groups in total. The zero-order chi connectivity index (χ0) is 15.2. The summed E-state index contributed by atoms with van der Waals surface area (Å²) in [7, 11) is 0. The molecule has 7 nitrogen and oxygen atoms in total. The van der Waals surface area contributed by atoms with Crippen molar-refractivity contribution in [1.82, 2.24) is 9.97 Å². The molecule has 7 heteroatoms. The van der Waals surface area contributed by atoms with Gasteiger partial charge in [-0.3, -0.25) is 0 Å². The number of H-pyrrole nitrogens is 1. The molecular formula is C14H12N4O3. The zero-order valence-electron chi connectivity index (χ0n) is 10.9. The van der Waals surface area contributed by atoms with Gasteiger partial charge in [-0.15, -0.1) is 0 Å². The molecule has 0 amide bonds. The van der Waals surface area contributed by atoms with Gasteiger partial charge in [0.25, 0.3) is 0 Å². The summed E-state index contributed by atoms with van der Waals surface area (Å²) < 4.78 is 5.45. The highest BCUT2D eigenvalue weighted by Crippen LogP contribution is 2.28. The molecule has 0 saturated carbocycles. The predicted octanol–water partition coefficient (Wildman–Crippen LogP) is 0.725. The Kier molecular flexibility index (Phi) is 4.52. The van der Waals surface area contributed by atoms with Crippen LogP contribution in [0.4, 0.5) is 0 Å². The van der Waals surface area contributed by atoms with E-state index in [0.29, 0.717) is 22.3 Å². The number of hydrogen-bond acceptors (Lipinski definition) is 6. The molecule has 0 aliphatic heterocycles. The number of hydrogen-bond donors (Lipinski definition) is 3. The van der Waals surface area contributed by atoms with Crippen molar-refractivity contribution in [2.75, 3.05) is 13.2 Å². The Hall–Kier alpha value is -2.87. The Morgan fingerprint density at radius 1 is 1.48 bits per heavy atom. The van der Waals surface area contributed by atoms with Gasteiger partial charge >= 0.3 is 0 Å². The number of nitriles is 2. The summed E-state index contributed by atoms with van der Waals surface area (Å²) >= 11 is 0. The molecule has 1 atom stereocenters. The lowest BCUT2D eigenvalue weighted by Crippen LogP contribution is -2.21. The minimum Gasteiger partial charge on any atom is -0.490 e. The van der Waals surface area contributed by atoms with Gasteiger partial charge in [0.05, 0.1) is 12.0 Å². The van der Waals surface area contributed by atoms with Crippen LogP contribution in [0.5, 0.6) is 5.75 Å². The number of aliphatic hydroxyl groups excluding tert-OH is 2. The molecule has 2 rings (SSSR count). The monoisotopic (exact) mass is 284 g/mol. The van der Waals surface area contributed by atoms with Crippen molar-refractivity contribution in [2.45, 2.75) is 6.10 Å². The first-order valence-corrected chi connectivity index (χ1v) is 6.09. The summed E-state index contributed by atoms with van der Waals surface area (Å²) in [6.45, 7) is -0.478. The number of fused-ring (bicyclic) bond motifs is 1. The molecule has 0 aliphatic carbocycles. The Morgan fingerprint density at radius 3 is 2.90 bits per heavy atom. The van der Waals surface area contributed by atoms with E-state index in [4.69, 9.17) is 20.4 Å². The maximum absolute atomic E-state index is 9.34. The van der Waals surface area contributed by atoms with Crippen molar-refractivity contribution < 1.29 is 14.9 Å². The van der Waals surface area contributed by atoms with Crippen molar-refractivity contribution in [3.05, 3.63) is 29.6 Å². The average molecular weight is 284 g/mol. The van der Waals surface area contributed by atoms with Crippen LogP contribution >= 0.6 is 0 Å². The number of rotatable bonds is 5. The van der Waals surface area contributed by atoms with E-state index >= 15 is 0 Å². The number of pyridine rings is 1. The van der Waals surface area contributed by atoms with Gasteiger partial charge in [0.15, 0.2) is 0 Å². The highest BCUT2D eigenvalue weighted by Gasteiger charge is 2.12. The van der Waals surface area contributed by atoms with Crippen LogP contribution in [-0.2, 0) is 0 Å². The second kappa shape index (κ2) is 6.53. The SMILES string of the molecule is N#CC(C#N)=Cc1c[nH]c2nccc(OCC(O)CO)c12. The molecule has 106 valence electrons. The highest BCUT2D eigenvalue weighted by atomic mass is 16.5. The molecule has 0 bridgehead atoms. The zero-order valence-corrected chi connectivity index (χ0v) is 10.9. The number of aromatic amines is 1. The fourth-order valence-corrected chi connectivity index (χ4v) is 1.77. The Labute approximate surface area is 120 Å². The van der Waals surface area contributed by atoms with Gasteiger partial charge in [-0.2, -0.15) is 10.5 Å². The lowest BCUT2D eigenvalue weighted by atomic mass is 10.1. The van der Waals surface area contributed by atoms with Gasteiger partial charge < -0.3 is 19.9 Å². The second-order valence-corrected chi connectivity index (χ2v) is 4.21. The minimum absolute atomic E-state index is 0.0407. The Balaban J connectivity index is 2.43. The quantitative estimate of drug-likeness (QED) is 0.695. The van der Waals surface area contributed by atoms with Crippen LogP contribution in [0.25, 0.3) is 17.1 Å². The van der Waals surface area contributed by atoms with E-state index in [9.17, 15) is 5.11 Å². The van der Waals surface area contributed by atoms with Gasteiger partial charge in [0.1, 0.15) is 41.8 Å². The predicted molar refractivity (Wildman–Crippen MR) is 73.9 cm³/mol. The minimum atomic E-state index is -0.986. The van der Waals surface area contributed by atoms with E-state index in [0.717, 1.165) is 0 Å². The summed E-state index contributed by atoms with van der Waals surface area (Å²) in [5.74, 6) is 0.440. The molecule has 0 radical (unpaired) electrons. The molecule has 0 fully saturated rings. The van der Waals surface area contributed by atoms with E-state index < -0.39 is 12.7 Å². The maximum Gasteiger partial charge on any atom is 0.141 e. The molecule has 2 heterocycles. The summed E-state index contributed by atoms with van der Waals surface area (Å²) in [6, 6.07) is 5.18. The normalized spacial score (nSPS) is 11.4. The van der Waals surface area contributed by atoms with E-state index in [1.54, 1.807) is 24.4 Å². The van der Waals surface area contributed by atoms with Crippen LogP contribution in [0.15, 0.2) is 24.0 Å². The second-order valence-electron chi connectivity index (χ2n) is 4.21. The van der Waals surface area contributed by atoms with Crippen molar-refractivity contribution in [2.24, 2.45) is 0 Å². The number of aromatic nitrogens is 2. The van der Waals surface area contributed by atoms with Crippen LogP contribution in [-0.4, -0.2) is 39.5 Å². The van der Waals surface area contributed by atoms with Crippen LogP contribution < -0.4 is 4.74 Å². The number of nitrogens with one attached hydrogen (secondary N) is 1. The fraction of sp³-hybridized carbons (Fsp3) is 0.214. The van der Waals surface area contributed by atoms with Gasteiger partial charge in [-0.05, 0) is 12.1 Å². The topological polar surface area (TPSA) is 126 Å². The van der Waals surface area contributed by atoms with Crippen LogP contribution in [0.1, 0.15) is 5.56 Å². The average Bonchev–Trinajstić information content (AvgIpc) is 2.93. The molecule has 2 aromatic heterocycles. The fourth-order valence-electron chi connectivity index (χ4n) is 1.77. The van der Waals surface area contributed by atoms with E-state index in [1.165, 1.54) is 12.3 Å².